The topological polar surface area (TPSA) is 67.7 Å². The smallest absolute Gasteiger partial charge is 0.126 e. The number of benzene rings is 1. The molecule has 17 heavy (non-hydrogen) atoms. The number of hydrogen-bond donors (Lipinski definition) is 2. The summed E-state index contributed by atoms with van der Waals surface area (Å²) < 4.78 is 1.80. The zero-order chi connectivity index (χ0) is 12.4. The molecule has 1 heterocycles. The van der Waals surface area contributed by atoms with Crippen LogP contribution in [0.3, 0.4) is 0 Å². The number of aryl methyl sites for hydroxylation is 1. The maximum absolute atomic E-state index is 7.44. The van der Waals surface area contributed by atoms with E-state index in [0.717, 1.165) is 17.8 Å². The van der Waals surface area contributed by atoms with Gasteiger partial charge in [-0.15, -0.1) is 0 Å². The molecule has 0 bridgehead atoms. The lowest BCUT2D eigenvalue weighted by atomic mass is 10.1. The quantitative estimate of drug-likeness (QED) is 0.623. The Morgan fingerprint density at radius 3 is 2.47 bits per heavy atom. The fourth-order valence-electron chi connectivity index (χ4n) is 1.81. The number of nitrogens with one attached hydrogen (secondary N) is 1. The van der Waals surface area contributed by atoms with E-state index in [1.807, 2.05) is 19.1 Å². The van der Waals surface area contributed by atoms with Crippen LogP contribution in [0.15, 0.2) is 30.5 Å². The van der Waals surface area contributed by atoms with Crippen molar-refractivity contribution in [1.82, 2.24) is 9.78 Å². The van der Waals surface area contributed by atoms with E-state index in [9.17, 15) is 0 Å². The Bertz CT molecular complexity index is 537. The van der Waals surface area contributed by atoms with E-state index >= 15 is 0 Å². The van der Waals surface area contributed by atoms with Gasteiger partial charge in [-0.05, 0) is 31.0 Å². The van der Waals surface area contributed by atoms with E-state index in [1.165, 1.54) is 5.56 Å². The number of rotatable bonds is 3. The summed E-state index contributed by atoms with van der Waals surface area (Å²) in [5.74, 6) is 0.0546. The lowest BCUT2D eigenvalue weighted by Gasteiger charge is -2.06. The minimum atomic E-state index is 0.0546. The first kappa shape index (κ1) is 11.4. The van der Waals surface area contributed by atoms with Crippen LogP contribution in [0.5, 0.6) is 0 Å². The minimum absolute atomic E-state index is 0.0546. The van der Waals surface area contributed by atoms with Gasteiger partial charge in [0.2, 0.25) is 0 Å². The van der Waals surface area contributed by atoms with Crippen LogP contribution in [0.2, 0.25) is 0 Å². The van der Waals surface area contributed by atoms with Gasteiger partial charge in [-0.25, -0.2) is 4.68 Å². The van der Waals surface area contributed by atoms with Gasteiger partial charge in [0.1, 0.15) is 5.84 Å². The van der Waals surface area contributed by atoms with Gasteiger partial charge in [0.05, 0.1) is 23.1 Å². The molecule has 0 atom stereocenters. The van der Waals surface area contributed by atoms with Crippen molar-refractivity contribution in [3.05, 3.63) is 47.3 Å². The average Bonchev–Trinajstić information content (AvgIpc) is 2.71. The van der Waals surface area contributed by atoms with E-state index in [1.54, 1.807) is 10.9 Å². The van der Waals surface area contributed by atoms with E-state index in [-0.39, 0.29) is 5.84 Å². The molecule has 2 aromatic rings. The second-order valence-corrected chi connectivity index (χ2v) is 3.99. The maximum atomic E-state index is 7.44. The Hall–Kier alpha value is -2.10. The van der Waals surface area contributed by atoms with Crippen molar-refractivity contribution >= 4 is 5.84 Å². The molecule has 3 N–H and O–H groups in total. The van der Waals surface area contributed by atoms with Crippen LogP contribution in [0, 0.1) is 12.3 Å². The predicted molar refractivity (Wildman–Crippen MR) is 68.7 cm³/mol. The molecule has 88 valence electrons. The van der Waals surface area contributed by atoms with Crippen molar-refractivity contribution < 1.29 is 0 Å². The number of nitrogens with two attached hydrogens (primary N) is 1. The second-order valence-electron chi connectivity index (χ2n) is 3.99. The molecule has 0 aliphatic carbocycles. The molecule has 0 spiro atoms. The van der Waals surface area contributed by atoms with Crippen LogP contribution in [0.4, 0.5) is 0 Å². The molecular formula is C13H16N4. The summed E-state index contributed by atoms with van der Waals surface area (Å²) in [5.41, 5.74) is 9.35. The molecule has 2 rings (SSSR count). The minimum Gasteiger partial charge on any atom is -0.384 e. The van der Waals surface area contributed by atoms with Crippen LogP contribution >= 0.6 is 0 Å². The third-order valence-electron chi connectivity index (χ3n) is 2.89. The SMILES string of the molecule is CCc1ccc(-n2ncc(C(=N)N)c2C)cc1. The fraction of sp³-hybridized carbons (Fsp3) is 0.231. The zero-order valence-corrected chi connectivity index (χ0v) is 10.1. The van der Waals surface area contributed by atoms with Crippen molar-refractivity contribution in [2.75, 3.05) is 0 Å². The third-order valence-corrected chi connectivity index (χ3v) is 2.89. The van der Waals surface area contributed by atoms with E-state index in [0.29, 0.717) is 5.56 Å². The van der Waals surface area contributed by atoms with E-state index in [2.05, 4.69) is 24.2 Å². The highest BCUT2D eigenvalue weighted by Gasteiger charge is 2.09. The van der Waals surface area contributed by atoms with Crippen LogP contribution in [0.1, 0.15) is 23.7 Å². The molecule has 0 amide bonds. The first-order chi connectivity index (χ1) is 8.13. The summed E-state index contributed by atoms with van der Waals surface area (Å²) in [6, 6.07) is 8.24. The van der Waals surface area contributed by atoms with Crippen LogP contribution in [-0.4, -0.2) is 15.6 Å². The molecular weight excluding hydrogens is 212 g/mol. The molecule has 1 aromatic carbocycles. The van der Waals surface area contributed by atoms with Gasteiger partial charge in [-0.1, -0.05) is 19.1 Å². The van der Waals surface area contributed by atoms with E-state index in [4.69, 9.17) is 11.1 Å². The van der Waals surface area contributed by atoms with Crippen LogP contribution in [-0.2, 0) is 6.42 Å². The van der Waals surface area contributed by atoms with Gasteiger partial charge in [0.15, 0.2) is 0 Å². The lowest BCUT2D eigenvalue weighted by Crippen LogP contribution is -2.12. The molecule has 4 heteroatoms. The number of amidine groups is 1. The fourth-order valence-corrected chi connectivity index (χ4v) is 1.81. The predicted octanol–water partition coefficient (Wildman–Crippen LogP) is 2.03. The molecule has 0 fully saturated rings. The first-order valence-corrected chi connectivity index (χ1v) is 5.61. The largest absolute Gasteiger partial charge is 0.384 e. The average molecular weight is 228 g/mol. The zero-order valence-electron chi connectivity index (χ0n) is 10.1. The van der Waals surface area contributed by atoms with Gasteiger partial charge in [0.25, 0.3) is 0 Å². The highest BCUT2D eigenvalue weighted by molar-refractivity contribution is 5.95. The van der Waals surface area contributed by atoms with Crippen molar-refractivity contribution in [3.63, 3.8) is 0 Å². The molecule has 4 nitrogen and oxygen atoms in total. The Balaban J connectivity index is 2.42. The Kier molecular flexibility index (Phi) is 2.95. The normalized spacial score (nSPS) is 10.5. The molecule has 1 aromatic heterocycles. The number of hydrogen-bond acceptors (Lipinski definition) is 2. The third kappa shape index (κ3) is 2.06. The molecule has 0 aliphatic rings. The van der Waals surface area contributed by atoms with E-state index < -0.39 is 0 Å². The Labute approximate surface area is 101 Å². The highest BCUT2D eigenvalue weighted by atomic mass is 15.3. The molecule has 0 saturated heterocycles. The van der Waals surface area contributed by atoms with Crippen molar-refractivity contribution in [2.45, 2.75) is 20.3 Å². The van der Waals surface area contributed by atoms with Gasteiger partial charge < -0.3 is 5.73 Å². The molecule has 0 unspecified atom stereocenters. The summed E-state index contributed by atoms with van der Waals surface area (Å²) in [6.07, 6.45) is 2.66. The highest BCUT2D eigenvalue weighted by Crippen LogP contribution is 2.14. The standard InChI is InChI=1S/C13H16N4/c1-3-10-4-6-11(7-5-10)17-9(2)12(8-16-17)13(14)15/h4-8H,3H2,1-2H3,(H3,14,15). The van der Waals surface area contributed by atoms with Gasteiger partial charge >= 0.3 is 0 Å². The summed E-state index contributed by atoms with van der Waals surface area (Å²) in [5, 5.41) is 11.7. The summed E-state index contributed by atoms with van der Waals surface area (Å²) in [4.78, 5) is 0. The number of aromatic nitrogens is 2. The van der Waals surface area contributed by atoms with Gasteiger partial charge in [-0.3, -0.25) is 5.41 Å². The molecule has 0 saturated carbocycles. The van der Waals surface area contributed by atoms with Crippen LogP contribution < -0.4 is 5.73 Å². The van der Waals surface area contributed by atoms with Gasteiger partial charge in [0, 0.05) is 0 Å². The number of nitrogen functional groups attached to an aromatic ring is 1. The first-order valence-electron chi connectivity index (χ1n) is 5.61. The monoisotopic (exact) mass is 228 g/mol. The summed E-state index contributed by atoms with van der Waals surface area (Å²) >= 11 is 0. The Morgan fingerprint density at radius 2 is 2.00 bits per heavy atom. The van der Waals surface area contributed by atoms with Crippen LogP contribution in [0.25, 0.3) is 5.69 Å². The maximum Gasteiger partial charge on any atom is 0.126 e. The van der Waals surface area contributed by atoms with Gasteiger partial charge in [-0.2, -0.15) is 5.10 Å². The second kappa shape index (κ2) is 4.41. The van der Waals surface area contributed by atoms with Crippen molar-refractivity contribution in [1.29, 1.82) is 5.41 Å². The Morgan fingerprint density at radius 1 is 1.35 bits per heavy atom. The summed E-state index contributed by atoms with van der Waals surface area (Å²) in [7, 11) is 0. The lowest BCUT2D eigenvalue weighted by molar-refractivity contribution is 0.845. The number of nitrogens with zero attached hydrogens (tertiary/aromatic N) is 2. The molecule has 0 radical (unpaired) electrons. The van der Waals surface area contributed by atoms with Crippen molar-refractivity contribution in [2.24, 2.45) is 5.73 Å². The summed E-state index contributed by atoms with van der Waals surface area (Å²) in [6.45, 7) is 4.04. The van der Waals surface area contributed by atoms with Crippen molar-refractivity contribution in [3.8, 4) is 5.69 Å². The molecule has 0 aliphatic heterocycles.